The Morgan fingerprint density at radius 3 is 1.34 bits per heavy atom. The predicted octanol–water partition coefficient (Wildman–Crippen LogP) is 13.4. The number of carbonyl (C=O) groups is 1. The van der Waals surface area contributed by atoms with Crippen LogP contribution < -0.4 is 0 Å². The largest absolute Gasteiger partial charge is 0.455 e. The van der Waals surface area contributed by atoms with Crippen molar-refractivity contribution in [1.29, 1.82) is 0 Å². The molecule has 0 spiro atoms. The summed E-state index contributed by atoms with van der Waals surface area (Å²) in [6.45, 7) is 24.8. The maximum Gasteiger partial charge on any atom is 0.334 e. The molecule has 0 aliphatic carbocycles. The molecule has 8 atom stereocenters. The molecular formula is C46H90O7Si3. The Morgan fingerprint density at radius 1 is 0.571 bits per heavy atom. The standard InChI is InChI=1S/C46H90O7Si3/c1-12-13-14-15-16-17-18-19-20-21-22-26-29-44(52-55(6,7)8)42-33-31-40(49-42)41-32-34-43(50-41)45(53-56(9,10)11)30-27-24-23-25-28-39(51-54(3,4)5)36-38-35-37(2)48-46(38)47/h35,37,39-45H,12-34,36H2,1-11H3/t37-,39+,40+,41+,42+,43+,44+,45+/m0/s1. The quantitative estimate of drug-likeness (QED) is 0.0391. The normalized spacial score (nSPS) is 25.1. The van der Waals surface area contributed by atoms with E-state index < -0.39 is 25.0 Å². The Bertz CT molecular complexity index is 1110. The van der Waals surface area contributed by atoms with Gasteiger partial charge in [-0.05, 0) is 117 Å². The van der Waals surface area contributed by atoms with E-state index in [9.17, 15) is 4.79 Å². The van der Waals surface area contributed by atoms with Crippen LogP contribution in [0.15, 0.2) is 11.6 Å². The van der Waals surface area contributed by atoms with Crippen LogP contribution >= 0.6 is 0 Å². The van der Waals surface area contributed by atoms with Gasteiger partial charge in [-0.25, -0.2) is 4.79 Å². The smallest absolute Gasteiger partial charge is 0.334 e. The fourth-order valence-corrected chi connectivity index (χ4v) is 12.6. The van der Waals surface area contributed by atoms with Crippen LogP contribution in [-0.2, 0) is 32.3 Å². The minimum absolute atomic E-state index is 0.0849. The summed E-state index contributed by atoms with van der Waals surface area (Å²) in [4.78, 5) is 12.3. The minimum Gasteiger partial charge on any atom is -0.455 e. The maximum atomic E-state index is 12.3. The summed E-state index contributed by atoms with van der Waals surface area (Å²) in [5, 5.41) is 0. The van der Waals surface area contributed by atoms with E-state index in [1.54, 1.807) is 0 Å². The molecule has 0 aromatic carbocycles. The molecule has 0 aromatic rings. The average Bonchev–Trinajstić information content (AvgIpc) is 3.84. The first-order valence-electron chi connectivity index (χ1n) is 23.7. The van der Waals surface area contributed by atoms with Gasteiger partial charge in [0.1, 0.15) is 6.10 Å². The first-order chi connectivity index (χ1) is 26.4. The van der Waals surface area contributed by atoms with Crippen LogP contribution in [0.4, 0.5) is 0 Å². The van der Waals surface area contributed by atoms with E-state index in [1.165, 1.54) is 83.5 Å². The number of cyclic esters (lactones) is 1. The summed E-state index contributed by atoms with van der Waals surface area (Å²) in [6.07, 6.45) is 32.2. The number of unbranched alkanes of at least 4 members (excludes halogenated alkanes) is 14. The maximum absolute atomic E-state index is 12.3. The zero-order chi connectivity index (χ0) is 41.2. The third-order valence-corrected chi connectivity index (χ3v) is 14.6. The summed E-state index contributed by atoms with van der Waals surface area (Å²) < 4.78 is 39.3. The van der Waals surface area contributed by atoms with E-state index in [4.69, 9.17) is 27.5 Å². The van der Waals surface area contributed by atoms with Crippen molar-refractivity contribution in [2.24, 2.45) is 0 Å². The molecule has 0 bridgehead atoms. The van der Waals surface area contributed by atoms with E-state index >= 15 is 0 Å². The summed E-state index contributed by atoms with van der Waals surface area (Å²) >= 11 is 0. The van der Waals surface area contributed by atoms with E-state index in [-0.39, 0.29) is 54.8 Å². The SMILES string of the molecule is CCCCCCCCCCCCCC[C@@H](O[Si](C)(C)C)[C@H]1CC[C@H]([C@H]2CC[C@H]([C@@H](CCCCCC[C@H](CC3=C[C@H](C)OC3=O)O[Si](C)(C)C)O[Si](C)(C)C)O2)O1. The second kappa shape index (κ2) is 25.4. The summed E-state index contributed by atoms with van der Waals surface area (Å²) in [5.74, 6) is -0.170. The lowest BCUT2D eigenvalue weighted by Crippen LogP contribution is -2.41. The molecule has 0 radical (unpaired) electrons. The van der Waals surface area contributed by atoms with E-state index in [0.29, 0.717) is 6.42 Å². The molecule has 2 fully saturated rings. The third-order valence-electron chi connectivity index (χ3n) is 11.5. The van der Waals surface area contributed by atoms with Gasteiger partial charge in [0.25, 0.3) is 0 Å². The van der Waals surface area contributed by atoms with Gasteiger partial charge in [0.15, 0.2) is 25.0 Å². The number of hydrogen-bond acceptors (Lipinski definition) is 7. The molecule has 3 heterocycles. The predicted molar refractivity (Wildman–Crippen MR) is 242 cm³/mol. The molecule has 10 heteroatoms. The fraction of sp³-hybridized carbons (Fsp3) is 0.935. The molecule has 0 N–H and O–H groups in total. The number of ether oxygens (including phenoxy) is 3. The van der Waals surface area contributed by atoms with Gasteiger partial charge in [-0.1, -0.05) is 110 Å². The molecular weight excluding hydrogens is 749 g/mol. The van der Waals surface area contributed by atoms with Gasteiger partial charge in [-0.15, -0.1) is 0 Å². The third kappa shape index (κ3) is 21.3. The molecule has 0 saturated carbocycles. The van der Waals surface area contributed by atoms with Crippen molar-refractivity contribution in [3.05, 3.63) is 11.6 Å². The lowest BCUT2D eigenvalue weighted by atomic mass is 9.99. The van der Waals surface area contributed by atoms with Crippen molar-refractivity contribution in [3.8, 4) is 0 Å². The highest BCUT2D eigenvalue weighted by Gasteiger charge is 2.43. The second-order valence-corrected chi connectivity index (χ2v) is 34.0. The molecule has 7 nitrogen and oxygen atoms in total. The second-order valence-electron chi connectivity index (χ2n) is 20.6. The van der Waals surface area contributed by atoms with Gasteiger partial charge in [0, 0.05) is 18.1 Å². The van der Waals surface area contributed by atoms with Crippen molar-refractivity contribution in [1.82, 2.24) is 0 Å². The van der Waals surface area contributed by atoms with Gasteiger partial charge in [-0.2, -0.15) is 0 Å². The molecule has 2 saturated heterocycles. The van der Waals surface area contributed by atoms with Crippen molar-refractivity contribution < 1.29 is 32.3 Å². The van der Waals surface area contributed by atoms with Crippen LogP contribution in [0, 0.1) is 0 Å². The molecule has 328 valence electrons. The van der Waals surface area contributed by atoms with E-state index in [2.05, 4.69) is 65.8 Å². The summed E-state index contributed by atoms with van der Waals surface area (Å²) in [6, 6.07) is 0. The molecule has 3 rings (SSSR count). The lowest BCUT2D eigenvalue weighted by Gasteiger charge is -2.32. The number of hydrogen-bond donors (Lipinski definition) is 0. The molecule has 0 amide bonds. The van der Waals surface area contributed by atoms with Crippen LogP contribution in [0.5, 0.6) is 0 Å². The van der Waals surface area contributed by atoms with Crippen LogP contribution in [0.2, 0.25) is 58.9 Å². The Kier molecular flexibility index (Phi) is 22.7. The van der Waals surface area contributed by atoms with Gasteiger partial charge in [0.05, 0.1) is 36.6 Å². The molecule has 3 aliphatic rings. The Balaban J connectivity index is 1.41. The highest BCUT2D eigenvalue weighted by molar-refractivity contribution is 6.70. The van der Waals surface area contributed by atoms with E-state index in [1.807, 2.05) is 13.0 Å². The number of carbonyl (C=O) groups excluding carboxylic acids is 1. The van der Waals surface area contributed by atoms with Crippen molar-refractivity contribution in [3.63, 3.8) is 0 Å². The van der Waals surface area contributed by atoms with Crippen LogP contribution in [0.3, 0.4) is 0 Å². The molecule has 56 heavy (non-hydrogen) atoms. The molecule has 0 aromatic heterocycles. The Hall–Kier alpha value is -0.339. The van der Waals surface area contributed by atoms with Crippen LogP contribution in [-0.4, -0.2) is 79.8 Å². The van der Waals surface area contributed by atoms with Crippen molar-refractivity contribution in [2.75, 3.05) is 0 Å². The van der Waals surface area contributed by atoms with Crippen LogP contribution in [0.25, 0.3) is 0 Å². The van der Waals surface area contributed by atoms with Gasteiger partial charge < -0.3 is 27.5 Å². The summed E-state index contributed by atoms with van der Waals surface area (Å²) in [5.41, 5.74) is 0.787. The topological polar surface area (TPSA) is 72.5 Å². The number of rotatable bonds is 31. The number of esters is 1. The Morgan fingerprint density at radius 2 is 0.964 bits per heavy atom. The van der Waals surface area contributed by atoms with Gasteiger partial charge in [0.2, 0.25) is 0 Å². The minimum atomic E-state index is -1.75. The average molecular weight is 839 g/mol. The lowest BCUT2D eigenvalue weighted by molar-refractivity contribution is -0.139. The van der Waals surface area contributed by atoms with Gasteiger partial charge >= 0.3 is 5.97 Å². The molecule has 3 aliphatic heterocycles. The Labute approximate surface area is 349 Å². The van der Waals surface area contributed by atoms with Crippen molar-refractivity contribution in [2.45, 2.75) is 276 Å². The first-order valence-corrected chi connectivity index (χ1v) is 33.9. The highest BCUT2D eigenvalue weighted by Crippen LogP contribution is 2.37. The van der Waals surface area contributed by atoms with Gasteiger partial charge in [-0.3, -0.25) is 0 Å². The zero-order valence-electron chi connectivity index (χ0n) is 38.5. The fourth-order valence-electron chi connectivity index (χ4n) is 9.01. The first kappa shape index (κ1) is 50.0. The molecule has 0 unspecified atom stereocenters. The zero-order valence-corrected chi connectivity index (χ0v) is 41.5. The van der Waals surface area contributed by atoms with E-state index in [0.717, 1.165) is 69.8 Å². The van der Waals surface area contributed by atoms with Crippen LogP contribution in [0.1, 0.15) is 168 Å². The monoisotopic (exact) mass is 839 g/mol. The highest BCUT2D eigenvalue weighted by atomic mass is 28.4. The summed E-state index contributed by atoms with van der Waals surface area (Å²) in [7, 11) is -5.17. The van der Waals surface area contributed by atoms with Crippen molar-refractivity contribution >= 4 is 30.9 Å².